The van der Waals surface area contributed by atoms with E-state index in [1.54, 1.807) is 5.41 Å². The molecular weight excluding hydrogens is 313 g/mol. The van der Waals surface area contributed by atoms with Crippen LogP contribution < -0.4 is 4.83 Å². The van der Waals surface area contributed by atoms with Crippen molar-refractivity contribution in [3.63, 3.8) is 0 Å². The zero-order valence-corrected chi connectivity index (χ0v) is 11.0. The Morgan fingerprint density at radius 3 is 2.19 bits per heavy atom. The number of hydrogen-bond donors (Lipinski definition) is 2. The molecule has 0 aromatic rings. The Morgan fingerprint density at radius 1 is 1.14 bits per heavy atom. The number of ketones is 2. The van der Waals surface area contributed by atoms with Crippen molar-refractivity contribution in [2.75, 3.05) is 0 Å². The molecule has 10 heteroatoms. The number of nitrogens with zero attached hydrogens (tertiary/aromatic N) is 1. The summed E-state index contributed by atoms with van der Waals surface area (Å²) in [5, 5.41) is 12.4. The van der Waals surface area contributed by atoms with E-state index in [2.05, 4.69) is 9.93 Å². The summed E-state index contributed by atoms with van der Waals surface area (Å²) >= 11 is 1.17. The van der Waals surface area contributed by atoms with Gasteiger partial charge in [0.25, 0.3) is 0 Å². The van der Waals surface area contributed by atoms with Crippen LogP contribution in [-0.4, -0.2) is 35.0 Å². The van der Waals surface area contributed by atoms with Gasteiger partial charge in [-0.05, 0) is 47.7 Å². The molecule has 0 amide bonds. The van der Waals surface area contributed by atoms with Gasteiger partial charge in [-0.25, -0.2) is 9.63 Å². The minimum absolute atomic E-state index is 0.231. The number of carbonyl (C=O) groups excluding carboxylic acids is 2. The van der Waals surface area contributed by atoms with Crippen LogP contribution in [-0.2, 0) is 14.4 Å². The zero-order chi connectivity index (χ0) is 16.3. The number of hydrazone groups is 1. The first-order chi connectivity index (χ1) is 9.73. The number of allylic oxidation sites excluding steroid dienone is 5. The number of nitrogens with one attached hydrogen (secondary N) is 1. The van der Waals surface area contributed by atoms with Crippen molar-refractivity contribution in [2.45, 2.75) is 6.18 Å². The number of halogens is 3. The SMILES string of the molecule is O=C(O)C(F)(F)F.O=C1/C=C\SN/N=C\C=C\C(=O)/C=C\1. The molecule has 0 saturated heterocycles. The lowest BCUT2D eigenvalue weighted by atomic mass is 10.3. The van der Waals surface area contributed by atoms with E-state index < -0.39 is 12.1 Å². The molecule has 1 aliphatic heterocycles. The highest BCUT2D eigenvalue weighted by molar-refractivity contribution is 8.00. The second kappa shape index (κ2) is 9.53. The third kappa shape index (κ3) is 11.2. The van der Waals surface area contributed by atoms with Gasteiger partial charge in [0.15, 0.2) is 11.6 Å². The fraction of sp³-hybridized carbons (Fsp3) is 0.0909. The molecule has 21 heavy (non-hydrogen) atoms. The number of hydrogen-bond acceptors (Lipinski definition) is 6. The van der Waals surface area contributed by atoms with Gasteiger partial charge in [-0.15, -0.1) is 0 Å². The maximum atomic E-state index is 11.0. The molecule has 0 spiro atoms. The lowest BCUT2D eigenvalue weighted by molar-refractivity contribution is -0.192. The molecule has 0 atom stereocenters. The molecule has 114 valence electrons. The van der Waals surface area contributed by atoms with Gasteiger partial charge >= 0.3 is 12.1 Å². The number of carboxylic acids is 1. The first-order valence-electron chi connectivity index (χ1n) is 5.06. The quantitative estimate of drug-likeness (QED) is 0.658. The molecule has 0 radical (unpaired) electrons. The number of rotatable bonds is 0. The Labute approximate surface area is 121 Å². The highest BCUT2D eigenvalue weighted by atomic mass is 32.2. The summed E-state index contributed by atoms with van der Waals surface area (Å²) in [7, 11) is 0. The third-order valence-corrected chi connectivity index (χ3v) is 1.96. The highest BCUT2D eigenvalue weighted by Gasteiger charge is 2.38. The lowest BCUT2D eigenvalue weighted by Crippen LogP contribution is -2.21. The molecule has 6 nitrogen and oxygen atoms in total. The van der Waals surface area contributed by atoms with Crippen molar-refractivity contribution >= 4 is 35.7 Å². The molecule has 0 aromatic carbocycles. The van der Waals surface area contributed by atoms with Crippen molar-refractivity contribution < 1.29 is 32.7 Å². The third-order valence-electron chi connectivity index (χ3n) is 1.48. The summed E-state index contributed by atoms with van der Waals surface area (Å²) in [6.07, 6.45) is 2.98. The Kier molecular flexibility index (Phi) is 8.46. The van der Waals surface area contributed by atoms with E-state index in [9.17, 15) is 22.8 Å². The molecular formula is C11H9F3N2O4S. The van der Waals surface area contributed by atoms with Crippen LogP contribution in [0.4, 0.5) is 13.2 Å². The molecule has 1 rings (SSSR count). The Balaban J connectivity index is 0.000000486. The van der Waals surface area contributed by atoms with Gasteiger partial charge in [-0.1, -0.05) is 0 Å². The van der Waals surface area contributed by atoms with E-state index >= 15 is 0 Å². The monoisotopic (exact) mass is 322 g/mol. The Hall–Kier alpha value is -2.36. The molecule has 1 aliphatic rings. The standard InChI is InChI=1S/C9H8N2O2S.C2HF3O2/c12-8-2-1-6-10-11-14-7-5-9(13)4-3-8;3-2(4,5)1(6)7/h1-7,11H;(H,6,7)/b2-1+,4-3-,7-5-,10-6-;. The number of carboxylic acid groups (broad SMARTS) is 1. The van der Waals surface area contributed by atoms with E-state index in [0.29, 0.717) is 0 Å². The average molecular weight is 322 g/mol. The van der Waals surface area contributed by atoms with E-state index in [-0.39, 0.29) is 11.6 Å². The normalized spacial score (nSPS) is 21.5. The van der Waals surface area contributed by atoms with Crippen LogP contribution in [0.5, 0.6) is 0 Å². The maximum Gasteiger partial charge on any atom is 0.490 e. The van der Waals surface area contributed by atoms with Crippen molar-refractivity contribution in [1.29, 1.82) is 0 Å². The van der Waals surface area contributed by atoms with E-state index in [0.717, 1.165) is 0 Å². The van der Waals surface area contributed by atoms with Crippen molar-refractivity contribution in [3.8, 4) is 0 Å². The lowest BCUT2D eigenvalue weighted by Gasteiger charge is -1.93. The van der Waals surface area contributed by atoms with Crippen molar-refractivity contribution in [3.05, 3.63) is 35.8 Å². The Bertz CT molecular complexity index is 510. The summed E-state index contributed by atoms with van der Waals surface area (Å²) < 4.78 is 31.7. The largest absolute Gasteiger partial charge is 0.490 e. The van der Waals surface area contributed by atoms with Gasteiger partial charge in [0.1, 0.15) is 0 Å². The fourth-order valence-corrected chi connectivity index (χ4v) is 1.03. The highest BCUT2D eigenvalue weighted by Crippen LogP contribution is 2.13. The molecule has 0 aromatic heterocycles. The van der Waals surface area contributed by atoms with Crippen LogP contribution in [0.1, 0.15) is 0 Å². The van der Waals surface area contributed by atoms with Gasteiger partial charge in [0.2, 0.25) is 0 Å². The van der Waals surface area contributed by atoms with Crippen molar-refractivity contribution in [2.24, 2.45) is 5.10 Å². The topological polar surface area (TPSA) is 95.8 Å². The second-order valence-electron chi connectivity index (χ2n) is 3.09. The predicted molar refractivity (Wildman–Crippen MR) is 70.3 cm³/mol. The summed E-state index contributed by atoms with van der Waals surface area (Å²) in [5.41, 5.74) is 0. The minimum Gasteiger partial charge on any atom is -0.475 e. The smallest absolute Gasteiger partial charge is 0.475 e. The van der Waals surface area contributed by atoms with Gasteiger partial charge < -0.3 is 5.11 Å². The average Bonchev–Trinajstić information content (AvgIpc) is 2.37. The number of alkyl halides is 3. The molecule has 0 bridgehead atoms. The van der Waals surface area contributed by atoms with Crippen LogP contribution >= 0.6 is 11.9 Å². The van der Waals surface area contributed by atoms with Gasteiger partial charge in [0.05, 0.1) is 0 Å². The molecule has 0 fully saturated rings. The number of carbonyl (C=O) groups is 3. The van der Waals surface area contributed by atoms with Gasteiger partial charge in [0, 0.05) is 6.21 Å². The van der Waals surface area contributed by atoms with Gasteiger partial charge in [-0.3, -0.25) is 9.59 Å². The molecule has 0 unspecified atom stereocenters. The maximum absolute atomic E-state index is 11.0. The second-order valence-corrected chi connectivity index (χ2v) is 3.78. The number of aliphatic carboxylic acids is 1. The predicted octanol–water partition coefficient (Wildman–Crippen LogP) is 1.62. The zero-order valence-electron chi connectivity index (χ0n) is 10.2. The fourth-order valence-electron chi connectivity index (χ4n) is 0.649. The van der Waals surface area contributed by atoms with Crippen molar-refractivity contribution in [1.82, 2.24) is 4.83 Å². The summed E-state index contributed by atoms with van der Waals surface area (Å²) in [4.78, 5) is 33.5. The van der Waals surface area contributed by atoms with Crippen LogP contribution in [0, 0.1) is 0 Å². The molecule has 0 saturated carbocycles. The van der Waals surface area contributed by atoms with E-state index in [4.69, 9.17) is 9.90 Å². The van der Waals surface area contributed by atoms with E-state index in [1.807, 2.05) is 0 Å². The van der Waals surface area contributed by atoms with Gasteiger partial charge in [-0.2, -0.15) is 18.3 Å². The Morgan fingerprint density at radius 2 is 1.67 bits per heavy atom. The van der Waals surface area contributed by atoms with Crippen LogP contribution in [0.25, 0.3) is 0 Å². The minimum atomic E-state index is -5.08. The molecule has 2 N–H and O–H groups in total. The van der Waals surface area contributed by atoms with Crippen LogP contribution in [0.2, 0.25) is 0 Å². The van der Waals surface area contributed by atoms with Crippen LogP contribution in [0.3, 0.4) is 0 Å². The van der Waals surface area contributed by atoms with E-state index in [1.165, 1.54) is 48.5 Å². The molecule has 0 aliphatic carbocycles. The first kappa shape index (κ1) is 18.6. The summed E-state index contributed by atoms with van der Waals surface area (Å²) in [6, 6.07) is 0. The summed E-state index contributed by atoms with van der Waals surface area (Å²) in [5.74, 6) is -3.23. The first-order valence-corrected chi connectivity index (χ1v) is 5.94. The molecule has 1 heterocycles. The van der Waals surface area contributed by atoms with Crippen LogP contribution in [0.15, 0.2) is 40.9 Å². The summed E-state index contributed by atoms with van der Waals surface area (Å²) in [6.45, 7) is 0.